The van der Waals surface area contributed by atoms with Crippen LogP contribution in [-0.4, -0.2) is 66.5 Å². The minimum absolute atomic E-state index is 0.123. The highest BCUT2D eigenvalue weighted by Gasteiger charge is 2.47. The van der Waals surface area contributed by atoms with Crippen LogP contribution in [0.2, 0.25) is 0 Å². The molecule has 1 fully saturated rings. The van der Waals surface area contributed by atoms with Gasteiger partial charge in [-0.25, -0.2) is 4.79 Å². The van der Waals surface area contributed by atoms with E-state index >= 15 is 0 Å². The number of carboxylic acids is 1. The number of hydrogen-bond donors (Lipinski definition) is 1. The SMILES string of the molecule is CC(C)N(C)S(=O)(=O)N1CC(C)(OCC(=O)O)C1. The van der Waals surface area contributed by atoms with E-state index in [0.29, 0.717) is 0 Å². The van der Waals surface area contributed by atoms with Crippen molar-refractivity contribution in [1.82, 2.24) is 8.61 Å². The Morgan fingerprint density at radius 2 is 2.00 bits per heavy atom. The fourth-order valence-electron chi connectivity index (χ4n) is 1.64. The van der Waals surface area contributed by atoms with Gasteiger partial charge < -0.3 is 9.84 Å². The fourth-order valence-corrected chi connectivity index (χ4v) is 3.41. The first-order valence-electron chi connectivity index (χ1n) is 5.67. The quantitative estimate of drug-likeness (QED) is 0.725. The first kappa shape index (κ1) is 15.4. The van der Waals surface area contributed by atoms with Gasteiger partial charge in [-0.1, -0.05) is 0 Å². The maximum atomic E-state index is 12.1. The second kappa shape index (κ2) is 5.12. The molecule has 1 rings (SSSR count). The molecule has 0 aromatic carbocycles. The van der Waals surface area contributed by atoms with Crippen LogP contribution in [0.4, 0.5) is 0 Å². The lowest BCUT2D eigenvalue weighted by molar-refractivity contribution is -0.157. The van der Waals surface area contributed by atoms with Crippen LogP contribution < -0.4 is 0 Å². The van der Waals surface area contributed by atoms with Crippen LogP contribution in [-0.2, 0) is 19.7 Å². The zero-order valence-electron chi connectivity index (χ0n) is 11.1. The molecule has 0 unspecified atom stereocenters. The third-order valence-corrected chi connectivity index (χ3v) is 5.04. The number of nitrogens with zero attached hydrogens (tertiary/aromatic N) is 2. The molecule has 1 heterocycles. The molecule has 1 N–H and O–H groups in total. The van der Waals surface area contributed by atoms with E-state index in [1.54, 1.807) is 20.8 Å². The normalized spacial score (nSPS) is 20.1. The van der Waals surface area contributed by atoms with E-state index in [9.17, 15) is 13.2 Å². The Morgan fingerprint density at radius 3 is 2.39 bits per heavy atom. The first-order chi connectivity index (χ1) is 8.08. The molecule has 7 nitrogen and oxygen atoms in total. The zero-order valence-corrected chi connectivity index (χ0v) is 11.9. The summed E-state index contributed by atoms with van der Waals surface area (Å²) in [5.74, 6) is -1.06. The van der Waals surface area contributed by atoms with Crippen LogP contribution in [0.15, 0.2) is 0 Å². The summed E-state index contributed by atoms with van der Waals surface area (Å²) in [6.45, 7) is 5.23. The lowest BCUT2D eigenvalue weighted by atomic mass is 10.0. The lowest BCUT2D eigenvalue weighted by Gasteiger charge is -2.47. The summed E-state index contributed by atoms with van der Waals surface area (Å²) in [6, 6.07) is -0.123. The van der Waals surface area contributed by atoms with Gasteiger partial charge >= 0.3 is 5.97 Å². The van der Waals surface area contributed by atoms with Crippen molar-refractivity contribution < 1.29 is 23.1 Å². The van der Waals surface area contributed by atoms with Crippen LogP contribution >= 0.6 is 0 Å². The lowest BCUT2D eigenvalue weighted by Crippen LogP contribution is -2.65. The summed E-state index contributed by atoms with van der Waals surface area (Å²) >= 11 is 0. The highest BCUT2D eigenvalue weighted by molar-refractivity contribution is 7.86. The number of carbonyl (C=O) groups is 1. The summed E-state index contributed by atoms with van der Waals surface area (Å²) in [7, 11) is -1.95. The topological polar surface area (TPSA) is 87.2 Å². The van der Waals surface area contributed by atoms with Gasteiger partial charge in [0.1, 0.15) is 6.61 Å². The average Bonchev–Trinajstić information content (AvgIpc) is 2.20. The van der Waals surface area contributed by atoms with Gasteiger partial charge in [-0.15, -0.1) is 0 Å². The third kappa shape index (κ3) is 3.19. The fraction of sp³-hybridized carbons (Fsp3) is 0.900. The molecular weight excluding hydrogens is 260 g/mol. The average molecular weight is 280 g/mol. The summed E-state index contributed by atoms with van der Waals surface area (Å²) in [6.07, 6.45) is 0. The van der Waals surface area contributed by atoms with Gasteiger partial charge in [0.15, 0.2) is 0 Å². The number of aliphatic carboxylic acids is 1. The van der Waals surface area contributed by atoms with Crippen LogP contribution in [0.1, 0.15) is 20.8 Å². The minimum atomic E-state index is -3.47. The molecule has 0 aromatic heterocycles. The van der Waals surface area contributed by atoms with E-state index in [4.69, 9.17) is 9.84 Å². The maximum Gasteiger partial charge on any atom is 0.329 e. The zero-order chi connectivity index (χ0) is 14.1. The van der Waals surface area contributed by atoms with Gasteiger partial charge in [0.25, 0.3) is 10.2 Å². The molecule has 18 heavy (non-hydrogen) atoms. The van der Waals surface area contributed by atoms with Gasteiger partial charge in [-0.05, 0) is 20.8 Å². The minimum Gasteiger partial charge on any atom is -0.480 e. The van der Waals surface area contributed by atoms with Gasteiger partial charge in [0.2, 0.25) is 0 Å². The van der Waals surface area contributed by atoms with Crippen molar-refractivity contribution in [3.05, 3.63) is 0 Å². The van der Waals surface area contributed by atoms with Crippen molar-refractivity contribution in [3.63, 3.8) is 0 Å². The van der Waals surface area contributed by atoms with Crippen LogP contribution in [0.25, 0.3) is 0 Å². The molecule has 0 spiro atoms. The van der Waals surface area contributed by atoms with E-state index in [-0.39, 0.29) is 19.1 Å². The number of rotatable bonds is 6. The summed E-state index contributed by atoms with van der Waals surface area (Å²) < 4.78 is 31.9. The molecule has 0 bridgehead atoms. The molecule has 0 atom stereocenters. The van der Waals surface area contributed by atoms with Crippen molar-refractivity contribution >= 4 is 16.2 Å². The van der Waals surface area contributed by atoms with Crippen molar-refractivity contribution in [2.24, 2.45) is 0 Å². The largest absolute Gasteiger partial charge is 0.480 e. The monoisotopic (exact) mass is 280 g/mol. The van der Waals surface area contributed by atoms with E-state index in [1.165, 1.54) is 15.7 Å². The van der Waals surface area contributed by atoms with Crippen LogP contribution in [0.3, 0.4) is 0 Å². The summed E-state index contributed by atoms with van der Waals surface area (Å²) in [4.78, 5) is 10.4. The Morgan fingerprint density at radius 1 is 1.50 bits per heavy atom. The molecular formula is C10H20N2O5S. The van der Waals surface area contributed by atoms with Gasteiger partial charge in [-0.2, -0.15) is 17.0 Å². The Kier molecular flexibility index (Phi) is 4.37. The van der Waals surface area contributed by atoms with Gasteiger partial charge in [0, 0.05) is 26.2 Å². The van der Waals surface area contributed by atoms with Crippen molar-refractivity contribution in [2.75, 3.05) is 26.7 Å². The first-order valence-corrected chi connectivity index (χ1v) is 7.07. The number of ether oxygens (including phenoxy) is 1. The summed E-state index contributed by atoms with van der Waals surface area (Å²) in [5.41, 5.74) is -0.705. The predicted octanol–water partition coefficient (Wildman–Crippen LogP) is -0.253. The smallest absolute Gasteiger partial charge is 0.329 e. The highest BCUT2D eigenvalue weighted by Crippen LogP contribution is 2.28. The molecule has 0 aliphatic carbocycles. The Balaban J connectivity index is 2.58. The molecule has 0 saturated carbocycles. The standard InChI is InChI=1S/C10H20N2O5S/c1-8(2)11(4)18(15,16)12-6-10(3,7-12)17-5-9(13)14/h8H,5-7H2,1-4H3,(H,13,14). The third-order valence-electron chi connectivity index (χ3n) is 2.98. The molecule has 0 radical (unpaired) electrons. The molecule has 0 aromatic rings. The molecule has 8 heteroatoms. The predicted molar refractivity (Wildman–Crippen MR) is 65.4 cm³/mol. The molecule has 1 aliphatic rings. The highest BCUT2D eigenvalue weighted by atomic mass is 32.2. The maximum absolute atomic E-state index is 12.1. The Hall–Kier alpha value is -0.700. The van der Waals surface area contributed by atoms with E-state index in [1.807, 2.05) is 0 Å². The molecule has 106 valence electrons. The Labute approximate surface area is 108 Å². The molecule has 0 amide bonds. The second-order valence-electron chi connectivity index (χ2n) is 5.02. The van der Waals surface area contributed by atoms with Crippen molar-refractivity contribution in [2.45, 2.75) is 32.4 Å². The van der Waals surface area contributed by atoms with E-state index < -0.39 is 28.4 Å². The summed E-state index contributed by atoms with van der Waals surface area (Å²) in [5, 5.41) is 8.52. The van der Waals surface area contributed by atoms with Crippen LogP contribution in [0.5, 0.6) is 0 Å². The molecule has 1 aliphatic heterocycles. The van der Waals surface area contributed by atoms with Gasteiger partial charge in [0.05, 0.1) is 5.60 Å². The van der Waals surface area contributed by atoms with E-state index in [2.05, 4.69) is 0 Å². The molecule has 1 saturated heterocycles. The van der Waals surface area contributed by atoms with Crippen molar-refractivity contribution in [3.8, 4) is 0 Å². The second-order valence-corrected chi connectivity index (χ2v) is 7.01. The van der Waals surface area contributed by atoms with Gasteiger partial charge in [-0.3, -0.25) is 0 Å². The number of carboxylic acid groups (broad SMARTS) is 1. The number of hydrogen-bond acceptors (Lipinski definition) is 4. The van der Waals surface area contributed by atoms with Crippen molar-refractivity contribution in [1.29, 1.82) is 0 Å². The van der Waals surface area contributed by atoms with Crippen LogP contribution in [0, 0.1) is 0 Å². The Bertz CT molecular complexity index is 414. The van der Waals surface area contributed by atoms with E-state index in [0.717, 1.165) is 0 Å².